The van der Waals surface area contributed by atoms with Crippen LogP contribution in [0.2, 0.25) is 0 Å². The van der Waals surface area contributed by atoms with Crippen molar-refractivity contribution in [2.75, 3.05) is 0 Å². The zero-order valence-corrected chi connectivity index (χ0v) is 10.3. The smallest absolute Gasteiger partial charge is 0.419 e. The molecule has 21 heavy (non-hydrogen) atoms. The third kappa shape index (κ3) is 3.31. The number of para-hydroxylation sites is 1. The normalized spacial score (nSPS) is 11.2. The third-order valence-electron chi connectivity index (χ3n) is 2.59. The van der Waals surface area contributed by atoms with Crippen LogP contribution >= 0.6 is 0 Å². The van der Waals surface area contributed by atoms with Crippen molar-refractivity contribution < 1.29 is 32.2 Å². The first kappa shape index (κ1) is 14.8. The van der Waals surface area contributed by atoms with E-state index in [0.717, 1.165) is 30.3 Å². The molecule has 2 aromatic carbocycles. The molecule has 2 aromatic rings. The molecule has 0 fully saturated rings. The summed E-state index contributed by atoms with van der Waals surface area (Å²) in [7, 11) is 0. The molecule has 0 aliphatic carbocycles. The topological polar surface area (TPSA) is 46.5 Å². The molecule has 0 heterocycles. The Morgan fingerprint density at radius 1 is 1.05 bits per heavy atom. The van der Waals surface area contributed by atoms with Crippen LogP contribution in [0.4, 0.5) is 17.6 Å². The van der Waals surface area contributed by atoms with E-state index in [9.17, 15) is 22.4 Å². The number of ether oxygens (including phenoxy) is 1. The Hall–Kier alpha value is -2.57. The summed E-state index contributed by atoms with van der Waals surface area (Å²) in [6.45, 7) is 0. The van der Waals surface area contributed by atoms with E-state index in [2.05, 4.69) is 0 Å². The molecule has 0 saturated heterocycles. The van der Waals surface area contributed by atoms with Crippen LogP contribution in [-0.4, -0.2) is 11.1 Å². The molecular formula is C14H8F4O3. The highest BCUT2D eigenvalue weighted by Gasteiger charge is 2.34. The number of alkyl halides is 3. The number of carbonyl (C=O) groups is 1. The molecule has 0 spiro atoms. The standard InChI is InChI=1S/C14H8F4O3/c15-8-5-6-9(13(19)20)12(7-8)21-11-4-2-1-3-10(11)14(16,17)18/h1-7H,(H,19,20). The largest absolute Gasteiger partial charge is 0.478 e. The van der Waals surface area contributed by atoms with Gasteiger partial charge in [-0.15, -0.1) is 0 Å². The van der Waals surface area contributed by atoms with Crippen molar-refractivity contribution in [3.05, 3.63) is 59.4 Å². The van der Waals surface area contributed by atoms with Crippen LogP contribution in [-0.2, 0) is 6.18 Å². The summed E-state index contributed by atoms with van der Waals surface area (Å²) in [6.07, 6.45) is -4.67. The van der Waals surface area contributed by atoms with E-state index in [1.807, 2.05) is 0 Å². The number of carboxylic acids is 1. The fourth-order valence-electron chi connectivity index (χ4n) is 1.67. The number of benzene rings is 2. The zero-order chi connectivity index (χ0) is 15.6. The first-order chi connectivity index (χ1) is 9.79. The zero-order valence-electron chi connectivity index (χ0n) is 10.3. The maximum atomic E-state index is 13.2. The first-order valence-electron chi connectivity index (χ1n) is 5.66. The van der Waals surface area contributed by atoms with E-state index in [4.69, 9.17) is 9.84 Å². The second kappa shape index (κ2) is 5.43. The lowest BCUT2D eigenvalue weighted by molar-refractivity contribution is -0.138. The fourth-order valence-corrected chi connectivity index (χ4v) is 1.67. The second-order valence-electron chi connectivity index (χ2n) is 4.04. The number of rotatable bonds is 3. The van der Waals surface area contributed by atoms with Crippen LogP contribution in [0.25, 0.3) is 0 Å². The number of hydrogen-bond acceptors (Lipinski definition) is 2. The Morgan fingerprint density at radius 2 is 1.71 bits per heavy atom. The molecule has 1 N–H and O–H groups in total. The molecule has 110 valence electrons. The van der Waals surface area contributed by atoms with Gasteiger partial charge in [0, 0.05) is 6.07 Å². The average molecular weight is 300 g/mol. The molecule has 0 unspecified atom stereocenters. The molecule has 7 heteroatoms. The van der Waals surface area contributed by atoms with Gasteiger partial charge in [-0.25, -0.2) is 9.18 Å². The quantitative estimate of drug-likeness (QED) is 0.858. The third-order valence-corrected chi connectivity index (χ3v) is 2.59. The summed E-state index contributed by atoms with van der Waals surface area (Å²) >= 11 is 0. The summed E-state index contributed by atoms with van der Waals surface area (Å²) in [5.74, 6) is -3.36. The second-order valence-corrected chi connectivity index (χ2v) is 4.04. The van der Waals surface area contributed by atoms with Crippen LogP contribution in [0, 0.1) is 5.82 Å². The van der Waals surface area contributed by atoms with Gasteiger partial charge < -0.3 is 9.84 Å². The first-order valence-corrected chi connectivity index (χ1v) is 5.66. The lowest BCUT2D eigenvalue weighted by Gasteiger charge is -2.14. The van der Waals surface area contributed by atoms with Crippen molar-refractivity contribution in [1.82, 2.24) is 0 Å². The van der Waals surface area contributed by atoms with Gasteiger partial charge in [-0.2, -0.15) is 13.2 Å². The van der Waals surface area contributed by atoms with Crippen molar-refractivity contribution in [3.63, 3.8) is 0 Å². The Balaban J connectivity index is 2.49. The fraction of sp³-hybridized carbons (Fsp3) is 0.0714. The lowest BCUT2D eigenvalue weighted by Crippen LogP contribution is -2.08. The molecule has 0 saturated carbocycles. The molecule has 0 radical (unpaired) electrons. The van der Waals surface area contributed by atoms with Gasteiger partial charge in [0.25, 0.3) is 0 Å². The van der Waals surface area contributed by atoms with E-state index in [-0.39, 0.29) is 0 Å². The highest BCUT2D eigenvalue weighted by Crippen LogP contribution is 2.38. The molecule has 2 rings (SSSR count). The summed E-state index contributed by atoms with van der Waals surface area (Å²) in [6, 6.07) is 6.80. The van der Waals surface area contributed by atoms with Gasteiger partial charge in [0.1, 0.15) is 22.9 Å². The summed E-state index contributed by atoms with van der Waals surface area (Å²) in [4.78, 5) is 11.0. The Morgan fingerprint density at radius 3 is 2.33 bits per heavy atom. The highest BCUT2D eigenvalue weighted by atomic mass is 19.4. The Kier molecular flexibility index (Phi) is 3.84. The predicted molar refractivity (Wildman–Crippen MR) is 64.9 cm³/mol. The van der Waals surface area contributed by atoms with Crippen LogP contribution in [0.3, 0.4) is 0 Å². The van der Waals surface area contributed by atoms with Gasteiger partial charge in [-0.05, 0) is 24.3 Å². The van der Waals surface area contributed by atoms with Gasteiger partial charge in [0.2, 0.25) is 0 Å². The van der Waals surface area contributed by atoms with Gasteiger partial charge >= 0.3 is 12.1 Å². The monoisotopic (exact) mass is 300 g/mol. The molecule has 0 bridgehead atoms. The van der Waals surface area contributed by atoms with Gasteiger partial charge in [0.05, 0.1) is 5.56 Å². The van der Waals surface area contributed by atoms with Crippen molar-refractivity contribution in [3.8, 4) is 11.5 Å². The SMILES string of the molecule is O=C(O)c1ccc(F)cc1Oc1ccccc1C(F)(F)F. The van der Waals surface area contributed by atoms with E-state index in [1.165, 1.54) is 12.1 Å². The van der Waals surface area contributed by atoms with Crippen molar-refractivity contribution in [2.45, 2.75) is 6.18 Å². The van der Waals surface area contributed by atoms with Crippen LogP contribution in [0.15, 0.2) is 42.5 Å². The summed E-state index contributed by atoms with van der Waals surface area (Å²) < 4.78 is 56.6. The Bertz CT molecular complexity index is 680. The number of hydrogen-bond donors (Lipinski definition) is 1. The molecule has 0 amide bonds. The minimum atomic E-state index is -4.67. The predicted octanol–water partition coefficient (Wildman–Crippen LogP) is 4.34. The molecule has 0 aliphatic heterocycles. The van der Waals surface area contributed by atoms with E-state index < -0.39 is 40.6 Å². The maximum Gasteiger partial charge on any atom is 0.419 e. The minimum absolute atomic E-state index is 0.437. The van der Waals surface area contributed by atoms with Gasteiger partial charge in [0.15, 0.2) is 0 Å². The number of aromatic carboxylic acids is 1. The summed E-state index contributed by atoms with van der Waals surface area (Å²) in [5.41, 5.74) is -1.51. The van der Waals surface area contributed by atoms with Crippen LogP contribution in [0.1, 0.15) is 15.9 Å². The van der Waals surface area contributed by atoms with Crippen molar-refractivity contribution in [2.24, 2.45) is 0 Å². The maximum absolute atomic E-state index is 13.2. The van der Waals surface area contributed by atoms with Crippen LogP contribution in [0.5, 0.6) is 11.5 Å². The minimum Gasteiger partial charge on any atom is -0.478 e. The lowest BCUT2D eigenvalue weighted by atomic mass is 10.1. The van der Waals surface area contributed by atoms with Crippen molar-refractivity contribution >= 4 is 5.97 Å². The van der Waals surface area contributed by atoms with Gasteiger partial charge in [-0.1, -0.05) is 12.1 Å². The number of carboxylic acid groups (broad SMARTS) is 1. The molecule has 0 aromatic heterocycles. The average Bonchev–Trinajstić information content (AvgIpc) is 2.37. The summed E-state index contributed by atoms with van der Waals surface area (Å²) in [5, 5.41) is 8.94. The number of halogens is 4. The van der Waals surface area contributed by atoms with E-state index >= 15 is 0 Å². The molecular weight excluding hydrogens is 292 g/mol. The van der Waals surface area contributed by atoms with Crippen molar-refractivity contribution in [1.29, 1.82) is 0 Å². The Labute approximate surface area is 116 Å². The van der Waals surface area contributed by atoms with Crippen LogP contribution < -0.4 is 4.74 Å². The van der Waals surface area contributed by atoms with E-state index in [0.29, 0.717) is 0 Å². The molecule has 0 aliphatic rings. The van der Waals surface area contributed by atoms with Gasteiger partial charge in [-0.3, -0.25) is 0 Å². The molecule has 0 atom stereocenters. The molecule has 3 nitrogen and oxygen atoms in total. The van der Waals surface area contributed by atoms with E-state index in [1.54, 1.807) is 0 Å². The highest BCUT2D eigenvalue weighted by molar-refractivity contribution is 5.91.